The molecule has 1 aromatic carbocycles. The molecule has 2 heterocycles. The molecule has 0 saturated heterocycles. The van der Waals surface area contributed by atoms with Gasteiger partial charge in [0.25, 0.3) is 11.5 Å². The van der Waals surface area contributed by atoms with E-state index in [1.165, 1.54) is 22.9 Å². The lowest BCUT2D eigenvalue weighted by Gasteiger charge is -2.04. The Morgan fingerprint density at radius 2 is 2.05 bits per heavy atom. The van der Waals surface area contributed by atoms with Crippen LogP contribution >= 0.6 is 11.3 Å². The molecule has 0 saturated carbocycles. The van der Waals surface area contributed by atoms with Gasteiger partial charge in [0.2, 0.25) is 0 Å². The third-order valence-corrected chi connectivity index (χ3v) is 3.86. The maximum absolute atomic E-state index is 12.2. The molecule has 0 aliphatic rings. The van der Waals surface area contributed by atoms with Crippen molar-refractivity contribution in [2.45, 2.75) is 0 Å². The summed E-state index contributed by atoms with van der Waals surface area (Å²) in [7, 11) is 1.58. The number of nitrogens with one attached hydrogen (secondary N) is 1. The average Bonchev–Trinajstić information content (AvgIpc) is 2.94. The molecule has 3 aromatic rings. The van der Waals surface area contributed by atoms with Crippen LogP contribution < -0.4 is 15.6 Å². The molecular weight excluding hydrogens is 290 g/mol. The van der Waals surface area contributed by atoms with E-state index in [1.54, 1.807) is 31.4 Å². The molecule has 7 heteroatoms. The maximum Gasteiger partial charge on any atom is 0.267 e. The van der Waals surface area contributed by atoms with E-state index in [9.17, 15) is 9.59 Å². The Labute approximate surface area is 123 Å². The summed E-state index contributed by atoms with van der Waals surface area (Å²) in [6.45, 7) is 0. The molecule has 0 aliphatic heterocycles. The molecule has 0 aliphatic carbocycles. The predicted molar refractivity (Wildman–Crippen MR) is 80.3 cm³/mol. The van der Waals surface area contributed by atoms with Gasteiger partial charge in [-0.1, -0.05) is 11.3 Å². The number of carbonyl (C=O) groups is 1. The van der Waals surface area contributed by atoms with Crippen molar-refractivity contribution >= 4 is 27.9 Å². The van der Waals surface area contributed by atoms with Gasteiger partial charge in [0, 0.05) is 24.1 Å². The van der Waals surface area contributed by atoms with Gasteiger partial charge in [-0.15, -0.1) is 0 Å². The fraction of sp³-hybridized carbons (Fsp3) is 0.0714. The minimum atomic E-state index is -0.282. The number of carbonyl (C=O) groups excluding carboxylic acids is 1. The topological polar surface area (TPSA) is 72.7 Å². The first kappa shape index (κ1) is 13.3. The number of rotatable bonds is 3. The van der Waals surface area contributed by atoms with Crippen molar-refractivity contribution in [1.29, 1.82) is 0 Å². The summed E-state index contributed by atoms with van der Waals surface area (Å²) >= 11 is 1.16. The highest BCUT2D eigenvalue weighted by Gasteiger charge is 2.12. The largest absolute Gasteiger partial charge is 0.497 e. The van der Waals surface area contributed by atoms with Gasteiger partial charge in [-0.2, -0.15) is 0 Å². The number of methoxy groups -OCH3 is 1. The lowest BCUT2D eigenvalue weighted by molar-refractivity contribution is 0.103. The van der Waals surface area contributed by atoms with E-state index >= 15 is 0 Å². The number of nitrogens with zero attached hydrogens (tertiary/aromatic N) is 2. The molecule has 0 bridgehead atoms. The number of thiazole rings is 1. The minimum Gasteiger partial charge on any atom is -0.497 e. The Morgan fingerprint density at radius 3 is 2.71 bits per heavy atom. The first-order valence-corrected chi connectivity index (χ1v) is 6.91. The molecule has 21 heavy (non-hydrogen) atoms. The van der Waals surface area contributed by atoms with Crippen LogP contribution in [0.1, 0.15) is 9.67 Å². The summed E-state index contributed by atoms with van der Waals surface area (Å²) in [6.07, 6.45) is 2.92. The highest BCUT2D eigenvalue weighted by Crippen LogP contribution is 2.18. The van der Waals surface area contributed by atoms with Crippen LogP contribution in [0.15, 0.2) is 47.5 Å². The summed E-state index contributed by atoms with van der Waals surface area (Å²) in [5.41, 5.74) is 0.443. The monoisotopic (exact) mass is 301 g/mol. The zero-order valence-corrected chi connectivity index (χ0v) is 11.9. The highest BCUT2D eigenvalue weighted by molar-refractivity contribution is 7.18. The van der Waals surface area contributed by atoms with Crippen molar-refractivity contribution in [3.05, 3.63) is 58.0 Å². The zero-order valence-electron chi connectivity index (χ0n) is 11.1. The molecule has 6 nitrogen and oxygen atoms in total. The molecule has 1 N–H and O–H groups in total. The maximum atomic E-state index is 12.2. The van der Waals surface area contributed by atoms with Crippen molar-refractivity contribution < 1.29 is 9.53 Å². The zero-order chi connectivity index (χ0) is 14.8. The molecule has 0 spiro atoms. The van der Waals surface area contributed by atoms with Gasteiger partial charge >= 0.3 is 0 Å². The molecular formula is C14H11N3O3S. The van der Waals surface area contributed by atoms with Crippen LogP contribution in [0.5, 0.6) is 5.75 Å². The van der Waals surface area contributed by atoms with E-state index in [-0.39, 0.29) is 11.5 Å². The van der Waals surface area contributed by atoms with Crippen LogP contribution in [-0.2, 0) is 0 Å². The summed E-state index contributed by atoms with van der Waals surface area (Å²) in [5, 5.41) is 2.76. The second kappa shape index (κ2) is 5.37. The van der Waals surface area contributed by atoms with Gasteiger partial charge in [-0.05, 0) is 24.3 Å². The van der Waals surface area contributed by atoms with E-state index in [2.05, 4.69) is 10.3 Å². The van der Waals surface area contributed by atoms with Gasteiger partial charge in [-0.3, -0.25) is 14.0 Å². The summed E-state index contributed by atoms with van der Waals surface area (Å²) < 4.78 is 6.41. The smallest absolute Gasteiger partial charge is 0.267 e. The molecule has 0 radical (unpaired) electrons. The molecule has 106 valence electrons. The van der Waals surface area contributed by atoms with Crippen LogP contribution in [0, 0.1) is 0 Å². The number of fused-ring (bicyclic) bond motifs is 1. The molecule has 1 amide bonds. The first-order valence-electron chi connectivity index (χ1n) is 6.10. The number of anilines is 1. The van der Waals surface area contributed by atoms with Crippen molar-refractivity contribution in [2.75, 3.05) is 12.4 Å². The van der Waals surface area contributed by atoms with Crippen LogP contribution in [-0.4, -0.2) is 22.4 Å². The summed E-state index contributed by atoms with van der Waals surface area (Å²) in [4.78, 5) is 28.8. The van der Waals surface area contributed by atoms with Crippen molar-refractivity contribution in [3.8, 4) is 5.75 Å². The second-order valence-electron chi connectivity index (χ2n) is 4.21. The summed E-state index contributed by atoms with van der Waals surface area (Å²) in [6, 6.07) is 8.35. The Hall–Kier alpha value is -2.67. The summed E-state index contributed by atoms with van der Waals surface area (Å²) in [5.74, 6) is 0.431. The van der Waals surface area contributed by atoms with E-state index in [4.69, 9.17) is 4.74 Å². The van der Waals surface area contributed by atoms with Crippen LogP contribution in [0.3, 0.4) is 0 Å². The number of hydrogen-bond donors (Lipinski definition) is 1. The van der Waals surface area contributed by atoms with Gasteiger partial charge in [0.05, 0.1) is 7.11 Å². The molecule has 0 fully saturated rings. The number of ether oxygens (including phenoxy) is 1. The number of aromatic nitrogens is 2. The predicted octanol–water partition coefficient (Wildman–Crippen LogP) is 2.02. The first-order chi connectivity index (χ1) is 10.2. The van der Waals surface area contributed by atoms with Crippen LogP contribution in [0.4, 0.5) is 5.69 Å². The Balaban J connectivity index is 1.86. The quantitative estimate of drug-likeness (QED) is 0.803. The Kier molecular flexibility index (Phi) is 3.41. The second-order valence-corrected chi connectivity index (χ2v) is 5.22. The standard InChI is InChI=1S/C14H11N3O3S/c1-20-10-4-2-9(3-5-10)16-13(19)11-8-17-12(18)6-7-15-14(17)21-11/h2-8H,1H3,(H,16,19). The molecule has 2 aromatic heterocycles. The van der Waals surface area contributed by atoms with Gasteiger partial charge in [0.15, 0.2) is 4.96 Å². The minimum absolute atomic E-state index is 0.209. The highest BCUT2D eigenvalue weighted by atomic mass is 32.1. The number of benzene rings is 1. The fourth-order valence-electron chi connectivity index (χ4n) is 1.81. The van der Waals surface area contributed by atoms with Crippen LogP contribution in [0.25, 0.3) is 4.96 Å². The van der Waals surface area contributed by atoms with Crippen LogP contribution in [0.2, 0.25) is 0 Å². The lowest BCUT2D eigenvalue weighted by Crippen LogP contribution is -2.12. The normalized spacial score (nSPS) is 10.5. The SMILES string of the molecule is COc1ccc(NC(=O)c2cn3c(=O)ccnc3s2)cc1. The van der Waals surface area contributed by atoms with Gasteiger partial charge < -0.3 is 10.1 Å². The van der Waals surface area contributed by atoms with Crippen molar-refractivity contribution in [2.24, 2.45) is 0 Å². The third-order valence-electron chi connectivity index (χ3n) is 2.86. The van der Waals surface area contributed by atoms with Crippen molar-refractivity contribution in [3.63, 3.8) is 0 Å². The van der Waals surface area contributed by atoms with E-state index < -0.39 is 0 Å². The van der Waals surface area contributed by atoms with Gasteiger partial charge in [0.1, 0.15) is 10.6 Å². The average molecular weight is 301 g/mol. The van der Waals surface area contributed by atoms with E-state index in [0.717, 1.165) is 11.3 Å². The molecule has 3 rings (SSSR count). The fourth-order valence-corrected chi connectivity index (χ4v) is 2.66. The number of amides is 1. The molecule has 0 unspecified atom stereocenters. The molecule has 0 atom stereocenters. The Morgan fingerprint density at radius 1 is 1.29 bits per heavy atom. The van der Waals surface area contributed by atoms with E-state index in [0.29, 0.717) is 21.3 Å². The Bertz CT molecular complexity index is 852. The lowest BCUT2D eigenvalue weighted by atomic mass is 10.3. The number of hydrogen-bond acceptors (Lipinski definition) is 5. The van der Waals surface area contributed by atoms with Gasteiger partial charge in [-0.25, -0.2) is 4.98 Å². The van der Waals surface area contributed by atoms with E-state index in [1.807, 2.05) is 0 Å². The third kappa shape index (κ3) is 2.63. The van der Waals surface area contributed by atoms with Crippen molar-refractivity contribution in [1.82, 2.24) is 9.38 Å².